The maximum atomic E-state index is 14.5. The molecule has 12 heteroatoms. The van der Waals surface area contributed by atoms with Crippen LogP contribution in [0.25, 0.3) is 11.1 Å². The number of rotatable bonds is 4. The zero-order valence-electron chi connectivity index (χ0n) is 18.5. The van der Waals surface area contributed by atoms with E-state index in [1.165, 1.54) is 35.3 Å². The van der Waals surface area contributed by atoms with Gasteiger partial charge in [-0.3, -0.25) is 0 Å². The summed E-state index contributed by atoms with van der Waals surface area (Å²) in [5, 5.41) is 21.8. The molecule has 0 saturated carbocycles. The van der Waals surface area contributed by atoms with Gasteiger partial charge in [0.2, 0.25) is 5.88 Å². The molecule has 1 aliphatic heterocycles. The molecule has 3 heterocycles. The Kier molecular flexibility index (Phi) is 6.32. The quantitative estimate of drug-likeness (QED) is 0.577. The number of anilines is 1. The van der Waals surface area contributed by atoms with Crippen molar-refractivity contribution in [1.29, 1.82) is 5.26 Å². The van der Waals surface area contributed by atoms with Crippen molar-refractivity contribution in [3.8, 4) is 23.1 Å². The van der Waals surface area contributed by atoms with Gasteiger partial charge in [0, 0.05) is 24.7 Å². The Labute approximate surface area is 195 Å². The number of ether oxygens (including phenoxy) is 1. The van der Waals surface area contributed by atoms with Crippen LogP contribution < -0.4 is 15.2 Å². The van der Waals surface area contributed by atoms with E-state index in [0.717, 1.165) is 6.42 Å². The highest BCUT2D eigenvalue weighted by molar-refractivity contribution is 7.91. The molecule has 0 saturated heterocycles. The largest absolute Gasteiger partial charge is 0.477 e. The number of pyridine rings is 1. The predicted molar refractivity (Wildman–Crippen MR) is 123 cm³/mol. The number of benzene rings is 1. The van der Waals surface area contributed by atoms with Gasteiger partial charge in [0.1, 0.15) is 22.5 Å². The van der Waals surface area contributed by atoms with Crippen LogP contribution in [0.1, 0.15) is 37.4 Å². The maximum Gasteiger partial charge on any atom is 0.354 e. The number of nitrogens with two attached hydrogens (primary N) is 1. The summed E-state index contributed by atoms with van der Waals surface area (Å²) in [5.74, 6) is -0.475. The Balaban J connectivity index is 1.77. The molecular weight excluding hydrogens is 461 g/mol. The first-order valence-corrected chi connectivity index (χ1v) is 12.0. The molecule has 176 valence electrons. The number of halogens is 1. The van der Waals surface area contributed by atoms with Crippen LogP contribution in [0.15, 0.2) is 45.9 Å². The van der Waals surface area contributed by atoms with Gasteiger partial charge >= 0.3 is 6.03 Å². The standard InChI is InChI=1S/C22H22FN7O3S/c1-13(2)17-9-15(23)10-18(14-4-5-26-16(8-14)11-24)20(17)28-22(31)29-34(25,32)19-12-27-30-6-3-7-33-21(19)30/h4-5,8-10,12-13H,3,6-7H2,1-2H3,(H3,25,28,29,31,32). The number of carbonyl (C=O) groups is 1. The summed E-state index contributed by atoms with van der Waals surface area (Å²) >= 11 is 0. The first kappa shape index (κ1) is 23.3. The fourth-order valence-corrected chi connectivity index (χ4v) is 4.66. The van der Waals surface area contributed by atoms with E-state index in [2.05, 4.69) is 19.8 Å². The van der Waals surface area contributed by atoms with Gasteiger partial charge in [-0.2, -0.15) is 10.4 Å². The average Bonchev–Trinajstić information content (AvgIpc) is 3.24. The van der Waals surface area contributed by atoms with E-state index in [9.17, 15) is 18.7 Å². The summed E-state index contributed by atoms with van der Waals surface area (Å²) in [6, 6.07) is 6.57. The number of nitrogens with one attached hydrogen (secondary N) is 1. The number of carbonyl (C=O) groups excluding carboxylic acids is 1. The van der Waals surface area contributed by atoms with E-state index >= 15 is 0 Å². The van der Waals surface area contributed by atoms with Gasteiger partial charge in [-0.1, -0.05) is 13.8 Å². The van der Waals surface area contributed by atoms with Crippen LogP contribution in [0, 0.1) is 17.1 Å². The van der Waals surface area contributed by atoms with Gasteiger partial charge < -0.3 is 10.1 Å². The second kappa shape index (κ2) is 9.20. The van der Waals surface area contributed by atoms with E-state index in [-0.39, 0.29) is 28.1 Å². The van der Waals surface area contributed by atoms with Crippen molar-refractivity contribution in [2.45, 2.75) is 37.6 Å². The third-order valence-corrected chi connectivity index (χ3v) is 6.57. The third-order valence-electron chi connectivity index (χ3n) is 5.22. The lowest BCUT2D eigenvalue weighted by Gasteiger charge is -2.18. The van der Waals surface area contributed by atoms with E-state index in [1.54, 1.807) is 6.07 Å². The Bertz CT molecular complexity index is 1430. The molecule has 34 heavy (non-hydrogen) atoms. The summed E-state index contributed by atoms with van der Waals surface area (Å²) < 4.78 is 38.4. The second-order valence-electron chi connectivity index (χ2n) is 7.94. The van der Waals surface area contributed by atoms with E-state index in [0.29, 0.717) is 29.8 Å². The number of aryl methyl sites for hydroxylation is 1. The summed E-state index contributed by atoms with van der Waals surface area (Å²) in [6.07, 6.45) is 3.44. The highest BCUT2D eigenvalue weighted by Crippen LogP contribution is 2.36. The van der Waals surface area contributed by atoms with Crippen LogP contribution in [-0.4, -0.2) is 31.6 Å². The highest BCUT2D eigenvalue weighted by Gasteiger charge is 2.25. The minimum absolute atomic E-state index is 0.0264. The number of amides is 2. The van der Waals surface area contributed by atoms with Crippen molar-refractivity contribution in [2.75, 3.05) is 11.9 Å². The van der Waals surface area contributed by atoms with E-state index in [4.69, 9.17) is 9.88 Å². The molecule has 10 nitrogen and oxygen atoms in total. The summed E-state index contributed by atoms with van der Waals surface area (Å²) in [4.78, 5) is 16.9. The number of fused-ring (bicyclic) bond motifs is 1. The lowest BCUT2D eigenvalue weighted by molar-refractivity contribution is 0.224. The molecule has 3 N–H and O–H groups in total. The smallest absolute Gasteiger partial charge is 0.354 e. The van der Waals surface area contributed by atoms with Gasteiger partial charge in [0.15, 0.2) is 9.92 Å². The molecule has 1 aliphatic rings. The SMILES string of the molecule is CC(C)c1cc(F)cc(-c2ccnc(C#N)c2)c1NC(=O)N=S(N)(=O)c1cnn2c1OCCC2. The number of nitrogens with zero attached hydrogens (tertiary/aromatic N) is 5. The van der Waals surface area contributed by atoms with Crippen molar-refractivity contribution in [1.82, 2.24) is 14.8 Å². The molecular formula is C22H22FN7O3S. The number of aromatic nitrogens is 3. The molecule has 1 unspecified atom stereocenters. The van der Waals surface area contributed by atoms with Crippen molar-refractivity contribution in [2.24, 2.45) is 9.50 Å². The van der Waals surface area contributed by atoms with Crippen LogP contribution in [-0.2, 0) is 16.5 Å². The van der Waals surface area contributed by atoms with Crippen molar-refractivity contribution in [3.05, 3.63) is 53.7 Å². The molecule has 1 aromatic carbocycles. The summed E-state index contributed by atoms with van der Waals surface area (Å²) in [6.45, 7) is 4.65. The highest BCUT2D eigenvalue weighted by atomic mass is 32.2. The minimum atomic E-state index is -3.68. The van der Waals surface area contributed by atoms with Crippen LogP contribution in [0.2, 0.25) is 0 Å². The van der Waals surface area contributed by atoms with Crippen molar-refractivity contribution >= 4 is 21.6 Å². The van der Waals surface area contributed by atoms with Gasteiger partial charge in [-0.05, 0) is 41.3 Å². The molecule has 2 aromatic heterocycles. The topological polar surface area (TPSA) is 148 Å². The van der Waals surface area contributed by atoms with Gasteiger partial charge in [-0.25, -0.2) is 28.2 Å². The number of hydrogen-bond acceptors (Lipinski definition) is 6. The number of nitriles is 1. The van der Waals surface area contributed by atoms with Crippen molar-refractivity contribution in [3.63, 3.8) is 0 Å². The predicted octanol–water partition coefficient (Wildman–Crippen LogP) is 3.79. The first-order valence-electron chi connectivity index (χ1n) is 10.4. The Hall–Kier alpha value is -3.82. The zero-order valence-corrected chi connectivity index (χ0v) is 19.3. The lowest BCUT2D eigenvalue weighted by Crippen LogP contribution is -2.21. The molecule has 2 amide bonds. The maximum absolute atomic E-state index is 14.5. The molecule has 1 atom stereocenters. The molecule has 0 bridgehead atoms. The minimum Gasteiger partial charge on any atom is -0.477 e. The van der Waals surface area contributed by atoms with Crippen LogP contribution >= 0.6 is 0 Å². The molecule has 0 aliphatic carbocycles. The van der Waals surface area contributed by atoms with E-state index in [1.807, 2.05) is 19.9 Å². The summed E-state index contributed by atoms with van der Waals surface area (Å²) in [5.41, 5.74) is 1.68. The Morgan fingerprint density at radius 3 is 2.94 bits per heavy atom. The lowest BCUT2D eigenvalue weighted by atomic mass is 9.94. The van der Waals surface area contributed by atoms with Crippen molar-refractivity contribution < 1.29 is 18.1 Å². The average molecular weight is 484 g/mol. The van der Waals surface area contributed by atoms with Gasteiger partial charge in [0.05, 0.1) is 18.5 Å². The molecule has 0 fully saturated rings. The van der Waals surface area contributed by atoms with Gasteiger partial charge in [-0.15, -0.1) is 4.36 Å². The van der Waals surface area contributed by atoms with Gasteiger partial charge in [0.25, 0.3) is 0 Å². The molecule has 3 aromatic rings. The summed E-state index contributed by atoms with van der Waals surface area (Å²) in [7, 11) is -3.68. The van der Waals surface area contributed by atoms with E-state index < -0.39 is 21.8 Å². The number of hydrogen-bond donors (Lipinski definition) is 2. The van der Waals surface area contributed by atoms with Crippen LogP contribution in [0.4, 0.5) is 14.9 Å². The Morgan fingerprint density at radius 2 is 2.21 bits per heavy atom. The fourth-order valence-electron chi connectivity index (χ4n) is 3.66. The monoisotopic (exact) mass is 483 g/mol. The molecule has 0 spiro atoms. The first-order chi connectivity index (χ1) is 16.2. The Morgan fingerprint density at radius 1 is 1.41 bits per heavy atom. The van der Waals surface area contributed by atoms with Crippen LogP contribution in [0.3, 0.4) is 0 Å². The number of urea groups is 1. The molecule has 0 radical (unpaired) electrons. The fraction of sp³-hybridized carbons (Fsp3) is 0.273. The molecule has 4 rings (SSSR count). The van der Waals surface area contributed by atoms with Crippen LogP contribution in [0.5, 0.6) is 5.88 Å². The second-order valence-corrected chi connectivity index (χ2v) is 9.70. The zero-order chi connectivity index (χ0) is 24.5. The third kappa shape index (κ3) is 4.61. The normalized spacial score (nSPS) is 14.5.